The van der Waals surface area contributed by atoms with Gasteiger partial charge >= 0.3 is 0 Å². The monoisotopic (exact) mass is 195 g/mol. The predicted octanol–water partition coefficient (Wildman–Crippen LogP) is 1.40. The van der Waals surface area contributed by atoms with Gasteiger partial charge in [-0.1, -0.05) is 0 Å². The molecule has 1 atom stereocenters. The number of nitrogens with zero attached hydrogens (tertiary/aromatic N) is 2. The maximum Gasteiger partial charge on any atom is 0.202 e. The summed E-state index contributed by atoms with van der Waals surface area (Å²) in [4.78, 5) is 4.19. The van der Waals surface area contributed by atoms with Gasteiger partial charge < -0.3 is 14.6 Å². The van der Waals surface area contributed by atoms with Crippen molar-refractivity contribution in [3.05, 3.63) is 12.4 Å². The van der Waals surface area contributed by atoms with Crippen LogP contribution in [0.3, 0.4) is 0 Å². The number of hydrogen-bond acceptors (Lipinski definition) is 3. The van der Waals surface area contributed by atoms with Crippen LogP contribution in [0.15, 0.2) is 12.4 Å². The molecular weight excluding hydrogens is 178 g/mol. The zero-order valence-corrected chi connectivity index (χ0v) is 8.57. The molecule has 4 nitrogen and oxygen atoms in total. The maximum atomic E-state index is 5.54. The Morgan fingerprint density at radius 2 is 2.64 bits per heavy atom. The fourth-order valence-corrected chi connectivity index (χ4v) is 1.75. The topological polar surface area (TPSA) is 39.1 Å². The van der Waals surface area contributed by atoms with Gasteiger partial charge in [-0.2, -0.15) is 0 Å². The summed E-state index contributed by atoms with van der Waals surface area (Å²) in [5.74, 6) is 0.933. The zero-order valence-electron chi connectivity index (χ0n) is 8.57. The fourth-order valence-electron chi connectivity index (χ4n) is 1.75. The highest BCUT2D eigenvalue weighted by Gasteiger charge is 2.14. The van der Waals surface area contributed by atoms with Crippen molar-refractivity contribution in [1.29, 1.82) is 0 Å². The molecular formula is C10H17N3O. The van der Waals surface area contributed by atoms with Crippen molar-refractivity contribution in [2.45, 2.75) is 25.4 Å². The van der Waals surface area contributed by atoms with Crippen molar-refractivity contribution in [2.24, 2.45) is 7.05 Å². The molecule has 4 heteroatoms. The van der Waals surface area contributed by atoms with E-state index in [1.54, 1.807) is 6.20 Å². The Bertz CT molecular complexity index is 279. The quantitative estimate of drug-likeness (QED) is 0.789. The molecule has 1 aromatic rings. The van der Waals surface area contributed by atoms with Crippen LogP contribution in [-0.4, -0.2) is 28.8 Å². The number of nitrogens with one attached hydrogen (secondary N) is 1. The van der Waals surface area contributed by atoms with Gasteiger partial charge in [-0.05, 0) is 19.3 Å². The first-order valence-electron chi connectivity index (χ1n) is 5.19. The summed E-state index contributed by atoms with van der Waals surface area (Å²) in [5, 5.41) is 3.29. The third-order valence-corrected chi connectivity index (χ3v) is 2.59. The summed E-state index contributed by atoms with van der Waals surface area (Å²) in [5.41, 5.74) is 0. The third-order valence-electron chi connectivity index (χ3n) is 2.59. The van der Waals surface area contributed by atoms with Crippen molar-refractivity contribution in [2.75, 3.05) is 18.5 Å². The molecule has 0 saturated carbocycles. The molecule has 1 saturated heterocycles. The van der Waals surface area contributed by atoms with E-state index in [9.17, 15) is 0 Å². The molecule has 1 aliphatic rings. The van der Waals surface area contributed by atoms with E-state index in [2.05, 4.69) is 10.3 Å². The van der Waals surface area contributed by atoms with Gasteiger partial charge in [0.05, 0.1) is 6.10 Å². The van der Waals surface area contributed by atoms with Crippen LogP contribution in [0.4, 0.5) is 5.95 Å². The number of ether oxygens (including phenoxy) is 1. The molecule has 2 rings (SSSR count). The third kappa shape index (κ3) is 2.26. The number of rotatable bonds is 4. The van der Waals surface area contributed by atoms with Gasteiger partial charge in [0.2, 0.25) is 5.95 Å². The number of imidazole rings is 1. The molecule has 2 heterocycles. The largest absolute Gasteiger partial charge is 0.378 e. The van der Waals surface area contributed by atoms with Gasteiger partial charge in [0.15, 0.2) is 0 Å². The highest BCUT2D eigenvalue weighted by Crippen LogP contribution is 2.15. The van der Waals surface area contributed by atoms with Crippen molar-refractivity contribution in [1.82, 2.24) is 9.55 Å². The molecule has 0 radical (unpaired) electrons. The van der Waals surface area contributed by atoms with E-state index in [0.717, 1.165) is 25.5 Å². The van der Waals surface area contributed by atoms with Crippen molar-refractivity contribution >= 4 is 5.95 Å². The highest BCUT2D eigenvalue weighted by molar-refractivity contribution is 5.24. The second-order valence-corrected chi connectivity index (χ2v) is 3.71. The molecule has 1 fully saturated rings. The van der Waals surface area contributed by atoms with Gasteiger partial charge in [0, 0.05) is 32.6 Å². The Kier molecular flexibility index (Phi) is 3.03. The molecule has 1 unspecified atom stereocenters. The van der Waals surface area contributed by atoms with E-state index < -0.39 is 0 Å². The van der Waals surface area contributed by atoms with Crippen LogP contribution in [0.2, 0.25) is 0 Å². The van der Waals surface area contributed by atoms with E-state index >= 15 is 0 Å². The van der Waals surface area contributed by atoms with Crippen LogP contribution in [0.5, 0.6) is 0 Å². The Morgan fingerprint density at radius 3 is 3.29 bits per heavy atom. The van der Waals surface area contributed by atoms with Crippen molar-refractivity contribution in [3.8, 4) is 0 Å². The lowest BCUT2D eigenvalue weighted by molar-refractivity contribution is 0.107. The normalized spacial score (nSPS) is 21.4. The molecule has 1 aromatic heterocycles. The van der Waals surface area contributed by atoms with Crippen LogP contribution >= 0.6 is 0 Å². The van der Waals surface area contributed by atoms with E-state index in [1.165, 1.54) is 12.8 Å². The molecule has 14 heavy (non-hydrogen) atoms. The van der Waals surface area contributed by atoms with Gasteiger partial charge in [-0.15, -0.1) is 0 Å². The lowest BCUT2D eigenvalue weighted by Gasteiger charge is -2.10. The van der Waals surface area contributed by atoms with Crippen molar-refractivity contribution < 1.29 is 4.74 Å². The maximum absolute atomic E-state index is 5.54. The van der Waals surface area contributed by atoms with Gasteiger partial charge in [0.25, 0.3) is 0 Å². The minimum atomic E-state index is 0.461. The number of hydrogen-bond donors (Lipinski definition) is 1. The Balaban J connectivity index is 1.70. The molecule has 0 bridgehead atoms. The van der Waals surface area contributed by atoms with Crippen LogP contribution in [0.1, 0.15) is 19.3 Å². The SMILES string of the molecule is Cn1ccnc1NCCC1CCCO1. The Hall–Kier alpha value is -1.03. The highest BCUT2D eigenvalue weighted by atomic mass is 16.5. The zero-order chi connectivity index (χ0) is 9.80. The van der Waals surface area contributed by atoms with Crippen LogP contribution in [0.25, 0.3) is 0 Å². The molecule has 1 N–H and O–H groups in total. The van der Waals surface area contributed by atoms with E-state index in [0.29, 0.717) is 6.10 Å². The van der Waals surface area contributed by atoms with E-state index in [1.807, 2.05) is 17.8 Å². The first kappa shape index (κ1) is 9.52. The molecule has 0 spiro atoms. The van der Waals surface area contributed by atoms with Gasteiger partial charge in [-0.25, -0.2) is 4.98 Å². The number of aromatic nitrogens is 2. The molecule has 0 aliphatic carbocycles. The summed E-state index contributed by atoms with van der Waals surface area (Å²) in [6.45, 7) is 1.88. The molecule has 0 aromatic carbocycles. The van der Waals surface area contributed by atoms with Crippen LogP contribution in [0, 0.1) is 0 Å². The minimum Gasteiger partial charge on any atom is -0.378 e. The lowest BCUT2D eigenvalue weighted by Crippen LogP contribution is -2.14. The molecule has 0 amide bonds. The van der Waals surface area contributed by atoms with Crippen LogP contribution in [-0.2, 0) is 11.8 Å². The summed E-state index contributed by atoms with van der Waals surface area (Å²) >= 11 is 0. The van der Waals surface area contributed by atoms with Gasteiger partial charge in [0.1, 0.15) is 0 Å². The number of aryl methyl sites for hydroxylation is 1. The van der Waals surface area contributed by atoms with E-state index in [4.69, 9.17) is 4.74 Å². The average Bonchev–Trinajstić information content (AvgIpc) is 2.78. The molecule has 78 valence electrons. The van der Waals surface area contributed by atoms with Crippen molar-refractivity contribution in [3.63, 3.8) is 0 Å². The summed E-state index contributed by atoms with van der Waals surface area (Å²) < 4.78 is 7.52. The second kappa shape index (κ2) is 4.46. The fraction of sp³-hybridized carbons (Fsp3) is 0.700. The molecule has 1 aliphatic heterocycles. The predicted molar refractivity (Wildman–Crippen MR) is 55.3 cm³/mol. The summed E-state index contributed by atoms with van der Waals surface area (Å²) in [6.07, 6.45) is 7.70. The summed E-state index contributed by atoms with van der Waals surface area (Å²) in [7, 11) is 1.99. The lowest BCUT2D eigenvalue weighted by atomic mass is 10.2. The average molecular weight is 195 g/mol. The standard InChI is InChI=1S/C10H17N3O/c1-13-7-6-12-10(13)11-5-4-9-3-2-8-14-9/h6-7,9H,2-5,8H2,1H3,(H,11,12). The minimum absolute atomic E-state index is 0.461. The summed E-state index contributed by atoms with van der Waals surface area (Å²) in [6, 6.07) is 0. The smallest absolute Gasteiger partial charge is 0.202 e. The Labute approximate surface area is 84.3 Å². The van der Waals surface area contributed by atoms with Gasteiger partial charge in [-0.3, -0.25) is 0 Å². The first-order chi connectivity index (χ1) is 6.86. The van der Waals surface area contributed by atoms with E-state index in [-0.39, 0.29) is 0 Å². The second-order valence-electron chi connectivity index (χ2n) is 3.71. The van der Waals surface area contributed by atoms with Crippen LogP contribution < -0.4 is 5.32 Å². The number of anilines is 1. The first-order valence-corrected chi connectivity index (χ1v) is 5.19. The Morgan fingerprint density at radius 1 is 1.71 bits per heavy atom.